The molecule has 0 amide bonds. The Morgan fingerprint density at radius 1 is 1.30 bits per heavy atom. The van der Waals surface area contributed by atoms with Gasteiger partial charge in [0, 0.05) is 13.3 Å². The van der Waals surface area contributed by atoms with Gasteiger partial charge in [-0.2, -0.15) is 0 Å². The Labute approximate surface area is 171 Å². The number of rotatable bonds is 3. The maximum atomic E-state index is 10.1. The Morgan fingerprint density at radius 2 is 2.04 bits per heavy atom. The number of esters is 1. The highest BCUT2D eigenvalue weighted by Gasteiger charge is 2.50. The van der Waals surface area contributed by atoms with Gasteiger partial charge in [-0.15, -0.1) is 5.92 Å². The predicted molar refractivity (Wildman–Crippen MR) is 110 cm³/mol. The molecule has 142 valence electrons. The third-order valence-corrected chi connectivity index (χ3v) is 4.87. The Morgan fingerprint density at radius 3 is 2.59 bits per heavy atom. The van der Waals surface area contributed by atoms with Crippen molar-refractivity contribution in [1.29, 1.82) is 0 Å². The fourth-order valence-electron chi connectivity index (χ4n) is 3.32. The molecule has 2 atom stereocenters. The summed E-state index contributed by atoms with van der Waals surface area (Å²) in [6.45, 7) is 18.4. The van der Waals surface area contributed by atoms with E-state index in [0.717, 1.165) is 18.4 Å². The summed E-state index contributed by atoms with van der Waals surface area (Å²) < 4.78 is 4.51. The van der Waals surface area contributed by atoms with Crippen molar-refractivity contribution in [3.8, 4) is 23.7 Å². The van der Waals surface area contributed by atoms with Gasteiger partial charge in [-0.1, -0.05) is 46.7 Å². The van der Waals surface area contributed by atoms with Gasteiger partial charge in [0.2, 0.25) is 0 Å². The molecule has 0 aromatic carbocycles. The van der Waals surface area contributed by atoms with E-state index in [0.29, 0.717) is 23.6 Å². The summed E-state index contributed by atoms with van der Waals surface area (Å²) in [5.41, 5.74) is 0.0281. The summed E-state index contributed by atoms with van der Waals surface area (Å²) in [4.78, 5) is 17.4. The Hall–Kier alpha value is -2.21. The molecule has 1 saturated carbocycles. The number of fused-ring (bicyclic) bond motifs is 2. The molecule has 0 aliphatic heterocycles. The van der Waals surface area contributed by atoms with Crippen molar-refractivity contribution < 1.29 is 9.53 Å². The SMILES string of the molecule is CC(=O)OCC#CCBr.[C-]#[N+]C(CC#CCC)([N+]#[C-])C1=CC2CCC(C1)C2. The Bertz CT molecular complexity index is 736. The van der Waals surface area contributed by atoms with Gasteiger partial charge < -0.3 is 4.74 Å². The molecule has 2 aliphatic rings. The van der Waals surface area contributed by atoms with Gasteiger partial charge in [-0.3, -0.25) is 4.79 Å². The van der Waals surface area contributed by atoms with Gasteiger partial charge in [0.05, 0.1) is 5.33 Å². The zero-order chi connectivity index (χ0) is 20.1. The molecule has 2 aliphatic carbocycles. The van der Waals surface area contributed by atoms with Gasteiger partial charge in [0.1, 0.15) is 5.57 Å². The molecule has 0 spiro atoms. The molecule has 0 radical (unpaired) electrons. The third-order valence-electron chi connectivity index (χ3n) is 4.59. The second kappa shape index (κ2) is 12.2. The monoisotopic (exact) mass is 428 g/mol. The molecule has 0 aromatic rings. The van der Waals surface area contributed by atoms with Crippen molar-refractivity contribution in [2.75, 3.05) is 11.9 Å². The largest absolute Gasteiger partial charge is 0.516 e. The van der Waals surface area contributed by atoms with E-state index in [1.165, 1.54) is 26.2 Å². The van der Waals surface area contributed by atoms with E-state index in [2.05, 4.69) is 60.1 Å². The van der Waals surface area contributed by atoms with Crippen molar-refractivity contribution in [3.05, 3.63) is 34.5 Å². The lowest BCUT2D eigenvalue weighted by atomic mass is 9.82. The molecule has 0 saturated heterocycles. The van der Waals surface area contributed by atoms with E-state index in [1.54, 1.807) is 0 Å². The Balaban J connectivity index is 0.000000345. The predicted octanol–water partition coefficient (Wildman–Crippen LogP) is 5.02. The van der Waals surface area contributed by atoms with Crippen LogP contribution in [0.15, 0.2) is 11.6 Å². The molecule has 0 heterocycles. The zero-order valence-corrected chi connectivity index (χ0v) is 17.6. The van der Waals surface area contributed by atoms with E-state index in [-0.39, 0.29) is 12.6 Å². The first-order valence-electron chi connectivity index (χ1n) is 9.10. The van der Waals surface area contributed by atoms with Gasteiger partial charge in [0.25, 0.3) is 0 Å². The number of halogens is 1. The lowest BCUT2D eigenvalue weighted by Crippen LogP contribution is -2.26. The number of ether oxygens (including phenoxy) is 1. The topological polar surface area (TPSA) is 35.0 Å². The fraction of sp³-hybridized carbons (Fsp3) is 0.591. The molecule has 0 N–H and O–H groups in total. The van der Waals surface area contributed by atoms with E-state index in [9.17, 15) is 4.79 Å². The van der Waals surface area contributed by atoms with Crippen LogP contribution in [0.2, 0.25) is 0 Å². The summed E-state index contributed by atoms with van der Waals surface area (Å²) in [5.74, 6) is 12.3. The summed E-state index contributed by atoms with van der Waals surface area (Å²) in [7, 11) is 0. The summed E-state index contributed by atoms with van der Waals surface area (Å²) >= 11 is 3.10. The molecule has 1 fully saturated rings. The second-order valence-corrected chi connectivity index (χ2v) is 7.09. The summed E-state index contributed by atoms with van der Waals surface area (Å²) in [5, 5.41) is 0.619. The molecule has 0 aromatic heterocycles. The first-order valence-corrected chi connectivity index (χ1v) is 10.2. The van der Waals surface area contributed by atoms with Crippen LogP contribution in [-0.4, -0.2) is 23.6 Å². The van der Waals surface area contributed by atoms with Crippen molar-refractivity contribution in [2.45, 2.75) is 58.0 Å². The van der Waals surface area contributed by atoms with Crippen molar-refractivity contribution in [1.82, 2.24) is 0 Å². The van der Waals surface area contributed by atoms with Gasteiger partial charge >= 0.3 is 11.6 Å². The van der Waals surface area contributed by atoms with Crippen LogP contribution < -0.4 is 0 Å². The molecular formula is C22H25BrN2O2. The Kier molecular flexibility index (Phi) is 10.3. The van der Waals surface area contributed by atoms with Gasteiger partial charge in [-0.05, 0) is 37.5 Å². The molecule has 5 heteroatoms. The van der Waals surface area contributed by atoms with E-state index >= 15 is 0 Å². The maximum Gasteiger partial charge on any atom is 0.516 e. The van der Waals surface area contributed by atoms with Crippen molar-refractivity contribution >= 4 is 21.9 Å². The number of alkyl halides is 1. The molecule has 4 nitrogen and oxygen atoms in total. The second-order valence-electron chi connectivity index (χ2n) is 6.53. The number of carbonyl (C=O) groups excluding carboxylic acids is 1. The number of nitrogens with zero attached hydrogens (tertiary/aromatic N) is 2. The lowest BCUT2D eigenvalue weighted by Gasteiger charge is -2.20. The lowest BCUT2D eigenvalue weighted by molar-refractivity contribution is -0.139. The first-order chi connectivity index (χ1) is 13.0. The van der Waals surface area contributed by atoms with E-state index in [4.69, 9.17) is 13.1 Å². The normalized spacial score (nSPS) is 19.4. The third kappa shape index (κ3) is 7.51. The number of carbonyl (C=O) groups is 1. The van der Waals surface area contributed by atoms with Crippen molar-refractivity contribution in [3.63, 3.8) is 0 Å². The minimum Gasteiger partial charge on any atom is -0.453 e. The zero-order valence-electron chi connectivity index (χ0n) is 16.0. The van der Waals surface area contributed by atoms with Gasteiger partial charge in [0.15, 0.2) is 13.0 Å². The quantitative estimate of drug-likeness (QED) is 0.208. The number of hydrogen-bond acceptors (Lipinski definition) is 2. The molecular weight excluding hydrogens is 404 g/mol. The average Bonchev–Trinajstić information content (AvgIpc) is 3.01. The van der Waals surface area contributed by atoms with Crippen molar-refractivity contribution in [2.24, 2.45) is 11.8 Å². The molecule has 2 rings (SSSR count). The standard InChI is InChI=1S/C16H18N2.C6H7BrO2/c1-4-5-6-9-16(17-2,18-3)15-11-13-7-8-14(10-13)12-15;1-6(8)9-5-3-2-4-7/h11,13-14H,4,7-10,12H2,1H3;4-5H2,1H3. The van der Waals surface area contributed by atoms with Crippen LogP contribution >= 0.6 is 15.9 Å². The smallest absolute Gasteiger partial charge is 0.453 e. The van der Waals surface area contributed by atoms with E-state index < -0.39 is 5.66 Å². The molecule has 2 unspecified atom stereocenters. The molecule has 27 heavy (non-hydrogen) atoms. The van der Waals surface area contributed by atoms with E-state index in [1.807, 2.05) is 6.92 Å². The van der Waals surface area contributed by atoms with Crippen LogP contribution in [0.5, 0.6) is 0 Å². The average molecular weight is 429 g/mol. The van der Waals surface area contributed by atoms with Crippen LogP contribution in [0, 0.1) is 48.7 Å². The van der Waals surface area contributed by atoms with Crippen LogP contribution in [0.1, 0.15) is 52.4 Å². The highest BCUT2D eigenvalue weighted by atomic mass is 79.9. The van der Waals surface area contributed by atoms with Crippen LogP contribution in [-0.2, 0) is 9.53 Å². The van der Waals surface area contributed by atoms with Crippen LogP contribution in [0.25, 0.3) is 9.69 Å². The first kappa shape index (κ1) is 22.8. The summed E-state index contributed by atoms with van der Waals surface area (Å²) in [6, 6.07) is 0. The van der Waals surface area contributed by atoms with Gasteiger partial charge in [-0.25, -0.2) is 22.8 Å². The van der Waals surface area contributed by atoms with Crippen LogP contribution in [0.4, 0.5) is 0 Å². The van der Waals surface area contributed by atoms with Crippen LogP contribution in [0.3, 0.4) is 0 Å². The number of allylic oxidation sites excluding steroid dienone is 1. The number of hydrogen-bond donors (Lipinski definition) is 0. The highest BCUT2D eigenvalue weighted by Crippen LogP contribution is 2.45. The highest BCUT2D eigenvalue weighted by molar-refractivity contribution is 9.09. The minimum atomic E-state index is -1.02. The summed E-state index contributed by atoms with van der Waals surface area (Å²) in [6.07, 6.45) is 8.08. The fourth-order valence-corrected chi connectivity index (χ4v) is 3.52. The maximum absolute atomic E-state index is 10.1. The molecule has 2 bridgehead atoms. The minimum absolute atomic E-state index is 0.195.